The summed E-state index contributed by atoms with van der Waals surface area (Å²) in [5.41, 5.74) is 1.43. The Morgan fingerprint density at radius 3 is 2.39 bits per heavy atom. The SMILES string of the molecule is CCOc1ccccc1NC(=O)c1n[nH]nc1Nc1ccc(Oc2ccccc2)cc1. The van der Waals surface area contributed by atoms with Crippen LogP contribution in [0.5, 0.6) is 17.2 Å². The first-order valence-electron chi connectivity index (χ1n) is 9.77. The van der Waals surface area contributed by atoms with Gasteiger partial charge in [0.15, 0.2) is 11.5 Å². The van der Waals surface area contributed by atoms with Crippen molar-refractivity contribution in [2.24, 2.45) is 0 Å². The number of carbonyl (C=O) groups is 1. The fourth-order valence-corrected chi connectivity index (χ4v) is 2.88. The van der Waals surface area contributed by atoms with E-state index in [1.165, 1.54) is 0 Å². The van der Waals surface area contributed by atoms with E-state index in [1.54, 1.807) is 12.1 Å². The zero-order valence-corrected chi connectivity index (χ0v) is 16.8. The molecule has 0 spiro atoms. The van der Waals surface area contributed by atoms with Crippen LogP contribution >= 0.6 is 0 Å². The molecule has 3 N–H and O–H groups in total. The number of aromatic amines is 1. The van der Waals surface area contributed by atoms with Gasteiger partial charge in [0.05, 0.1) is 12.3 Å². The molecule has 4 aromatic rings. The van der Waals surface area contributed by atoms with E-state index < -0.39 is 5.91 Å². The highest BCUT2D eigenvalue weighted by atomic mass is 16.5. The van der Waals surface area contributed by atoms with Crippen LogP contribution in [-0.2, 0) is 0 Å². The molecule has 3 aromatic carbocycles. The van der Waals surface area contributed by atoms with Gasteiger partial charge in [0.1, 0.15) is 17.2 Å². The van der Waals surface area contributed by atoms with Gasteiger partial charge in [0, 0.05) is 5.69 Å². The lowest BCUT2D eigenvalue weighted by Crippen LogP contribution is -2.15. The number of anilines is 3. The summed E-state index contributed by atoms with van der Waals surface area (Å²) in [6, 6.07) is 24.1. The summed E-state index contributed by atoms with van der Waals surface area (Å²) >= 11 is 0. The monoisotopic (exact) mass is 415 g/mol. The van der Waals surface area contributed by atoms with Gasteiger partial charge in [-0.2, -0.15) is 5.21 Å². The number of carbonyl (C=O) groups excluding carboxylic acids is 1. The number of nitrogens with one attached hydrogen (secondary N) is 3. The molecule has 8 heteroatoms. The van der Waals surface area contributed by atoms with Gasteiger partial charge >= 0.3 is 0 Å². The summed E-state index contributed by atoms with van der Waals surface area (Å²) in [7, 11) is 0. The molecule has 0 saturated carbocycles. The summed E-state index contributed by atoms with van der Waals surface area (Å²) in [4.78, 5) is 12.8. The van der Waals surface area contributed by atoms with Gasteiger partial charge in [-0.1, -0.05) is 30.3 Å². The normalized spacial score (nSPS) is 10.4. The van der Waals surface area contributed by atoms with Crippen LogP contribution in [0, 0.1) is 0 Å². The summed E-state index contributed by atoms with van der Waals surface area (Å²) in [6.45, 7) is 2.38. The summed E-state index contributed by atoms with van der Waals surface area (Å²) in [5, 5.41) is 16.4. The molecule has 4 rings (SSSR count). The standard InChI is InChI=1S/C23H21N5O3/c1-2-30-20-11-7-6-10-19(20)25-23(29)21-22(27-28-26-21)24-16-12-14-18(15-13-16)31-17-8-4-3-5-9-17/h3-15H,2H2,1H3,(H,25,29)(H2,24,26,27,28). The molecular weight excluding hydrogens is 394 g/mol. The Morgan fingerprint density at radius 2 is 1.61 bits per heavy atom. The maximum atomic E-state index is 12.8. The number of nitrogens with zero attached hydrogens (tertiary/aromatic N) is 2. The Balaban J connectivity index is 1.44. The Labute approximate surface area is 179 Å². The van der Waals surface area contributed by atoms with Crippen LogP contribution in [-0.4, -0.2) is 27.9 Å². The Morgan fingerprint density at radius 1 is 0.903 bits per heavy atom. The largest absolute Gasteiger partial charge is 0.492 e. The van der Waals surface area contributed by atoms with Crippen LogP contribution in [0.3, 0.4) is 0 Å². The van der Waals surface area contributed by atoms with Crippen molar-refractivity contribution in [3.63, 3.8) is 0 Å². The summed E-state index contributed by atoms with van der Waals surface area (Å²) < 4.78 is 11.3. The lowest BCUT2D eigenvalue weighted by atomic mass is 10.2. The number of hydrogen-bond donors (Lipinski definition) is 3. The average Bonchev–Trinajstić information content (AvgIpc) is 3.26. The Hall–Kier alpha value is -4.33. The van der Waals surface area contributed by atoms with Gasteiger partial charge in [-0.3, -0.25) is 4.79 Å². The minimum absolute atomic E-state index is 0.135. The number of aromatic nitrogens is 3. The van der Waals surface area contributed by atoms with E-state index >= 15 is 0 Å². The van der Waals surface area contributed by atoms with Gasteiger partial charge < -0.3 is 20.1 Å². The van der Waals surface area contributed by atoms with Crippen LogP contribution < -0.4 is 20.1 Å². The number of ether oxygens (including phenoxy) is 2. The fraction of sp³-hybridized carbons (Fsp3) is 0.0870. The molecule has 1 heterocycles. The molecule has 0 aliphatic rings. The van der Waals surface area contributed by atoms with Crippen LogP contribution in [0.15, 0.2) is 78.9 Å². The average molecular weight is 415 g/mol. The van der Waals surface area contributed by atoms with Crippen LogP contribution in [0.25, 0.3) is 0 Å². The molecule has 0 radical (unpaired) electrons. The molecule has 0 aliphatic carbocycles. The topological polar surface area (TPSA) is 101 Å². The number of amides is 1. The van der Waals surface area contributed by atoms with Crippen molar-refractivity contribution in [1.29, 1.82) is 0 Å². The molecule has 156 valence electrons. The van der Waals surface area contributed by atoms with Crippen LogP contribution in [0.2, 0.25) is 0 Å². The molecule has 0 atom stereocenters. The number of para-hydroxylation sites is 3. The lowest BCUT2D eigenvalue weighted by molar-refractivity contribution is 0.102. The number of rotatable bonds is 8. The van der Waals surface area contributed by atoms with Gasteiger partial charge in [-0.05, 0) is 55.5 Å². The maximum absolute atomic E-state index is 12.8. The summed E-state index contributed by atoms with van der Waals surface area (Å²) in [5.74, 6) is 1.94. The molecule has 0 bridgehead atoms. The minimum Gasteiger partial charge on any atom is -0.492 e. The van der Waals surface area contributed by atoms with Crippen molar-refractivity contribution < 1.29 is 14.3 Å². The van der Waals surface area contributed by atoms with E-state index in [9.17, 15) is 4.79 Å². The highest BCUT2D eigenvalue weighted by Crippen LogP contribution is 2.26. The minimum atomic E-state index is -0.410. The van der Waals surface area contributed by atoms with E-state index in [0.29, 0.717) is 29.6 Å². The Bertz CT molecular complexity index is 1140. The fourth-order valence-electron chi connectivity index (χ4n) is 2.88. The molecule has 8 nitrogen and oxygen atoms in total. The second-order valence-corrected chi connectivity index (χ2v) is 6.47. The predicted molar refractivity (Wildman–Crippen MR) is 118 cm³/mol. The number of H-pyrrole nitrogens is 1. The van der Waals surface area contributed by atoms with Crippen molar-refractivity contribution in [1.82, 2.24) is 15.4 Å². The number of hydrogen-bond acceptors (Lipinski definition) is 6. The van der Waals surface area contributed by atoms with Crippen LogP contribution in [0.4, 0.5) is 17.2 Å². The molecular formula is C23H21N5O3. The van der Waals surface area contributed by atoms with Crippen LogP contribution in [0.1, 0.15) is 17.4 Å². The Kier molecular flexibility index (Phi) is 6.08. The van der Waals surface area contributed by atoms with E-state index in [-0.39, 0.29) is 5.69 Å². The predicted octanol–water partition coefficient (Wildman–Crippen LogP) is 4.99. The van der Waals surface area contributed by atoms with E-state index in [2.05, 4.69) is 26.0 Å². The van der Waals surface area contributed by atoms with E-state index in [0.717, 1.165) is 11.4 Å². The van der Waals surface area contributed by atoms with Gasteiger partial charge in [0.25, 0.3) is 5.91 Å². The lowest BCUT2D eigenvalue weighted by Gasteiger charge is -2.11. The molecule has 0 aliphatic heterocycles. The maximum Gasteiger partial charge on any atom is 0.280 e. The molecule has 1 amide bonds. The first-order chi connectivity index (χ1) is 15.2. The van der Waals surface area contributed by atoms with E-state index in [4.69, 9.17) is 9.47 Å². The van der Waals surface area contributed by atoms with Gasteiger partial charge in [0.2, 0.25) is 0 Å². The first kappa shape index (κ1) is 20.0. The highest BCUT2D eigenvalue weighted by molar-refractivity contribution is 6.06. The van der Waals surface area contributed by atoms with Gasteiger partial charge in [-0.15, -0.1) is 10.2 Å². The highest BCUT2D eigenvalue weighted by Gasteiger charge is 2.18. The second kappa shape index (κ2) is 9.45. The van der Waals surface area contributed by atoms with Crippen molar-refractivity contribution in [2.75, 3.05) is 17.2 Å². The zero-order chi connectivity index (χ0) is 21.5. The van der Waals surface area contributed by atoms with Crippen molar-refractivity contribution in [3.8, 4) is 17.2 Å². The molecule has 1 aromatic heterocycles. The quantitative estimate of drug-likeness (QED) is 0.375. The first-order valence-corrected chi connectivity index (χ1v) is 9.77. The van der Waals surface area contributed by atoms with Gasteiger partial charge in [-0.25, -0.2) is 0 Å². The number of benzene rings is 3. The van der Waals surface area contributed by atoms with Crippen molar-refractivity contribution in [3.05, 3.63) is 84.6 Å². The third kappa shape index (κ3) is 4.99. The summed E-state index contributed by atoms with van der Waals surface area (Å²) in [6.07, 6.45) is 0. The molecule has 0 fully saturated rings. The van der Waals surface area contributed by atoms with E-state index in [1.807, 2.05) is 73.7 Å². The molecule has 0 unspecified atom stereocenters. The smallest absolute Gasteiger partial charge is 0.280 e. The van der Waals surface area contributed by atoms with Crippen molar-refractivity contribution in [2.45, 2.75) is 6.92 Å². The molecule has 0 saturated heterocycles. The molecule has 31 heavy (non-hydrogen) atoms. The third-order valence-electron chi connectivity index (χ3n) is 4.29. The zero-order valence-electron chi connectivity index (χ0n) is 16.8. The third-order valence-corrected chi connectivity index (χ3v) is 4.29. The van der Waals surface area contributed by atoms with Crippen molar-refractivity contribution >= 4 is 23.1 Å². The second-order valence-electron chi connectivity index (χ2n) is 6.47.